The van der Waals surface area contributed by atoms with Crippen molar-refractivity contribution in [3.05, 3.63) is 35.7 Å². The van der Waals surface area contributed by atoms with E-state index in [1.54, 1.807) is 25.5 Å². The summed E-state index contributed by atoms with van der Waals surface area (Å²) in [6, 6.07) is 1.92. The first kappa shape index (κ1) is 15.5. The molecule has 2 atom stereocenters. The molecule has 4 heteroatoms. The van der Waals surface area contributed by atoms with Gasteiger partial charge in [0.25, 0.3) is 0 Å². The molecular weight excluding hydrogens is 291 g/mol. The maximum atomic E-state index is 13.6. The molecule has 116 valence electrons. The van der Waals surface area contributed by atoms with Gasteiger partial charge in [-0.1, -0.05) is 17.8 Å². The van der Waals surface area contributed by atoms with Gasteiger partial charge in [-0.2, -0.15) is 0 Å². The average molecular weight is 308 g/mol. The molecule has 3 nitrogen and oxygen atoms in total. The smallest absolute Gasteiger partial charge is 0.208 e. The first-order chi connectivity index (χ1) is 11.1. The van der Waals surface area contributed by atoms with Crippen LogP contribution < -0.4 is 0 Å². The molecule has 2 aliphatic rings. The van der Waals surface area contributed by atoms with E-state index in [-0.39, 0.29) is 11.3 Å². The number of rotatable bonds is 1. The number of alkyl halides is 1. The summed E-state index contributed by atoms with van der Waals surface area (Å²) < 4.78 is 18.8. The van der Waals surface area contributed by atoms with Gasteiger partial charge in [0.05, 0.1) is 24.5 Å². The van der Waals surface area contributed by atoms with E-state index in [0.717, 1.165) is 16.7 Å². The Morgan fingerprint density at radius 3 is 2.87 bits per heavy atom. The number of aromatic nitrogens is 1. The van der Waals surface area contributed by atoms with Crippen molar-refractivity contribution in [2.45, 2.75) is 20.1 Å². The minimum absolute atomic E-state index is 0.0764. The van der Waals surface area contributed by atoms with Crippen LogP contribution in [-0.4, -0.2) is 30.7 Å². The van der Waals surface area contributed by atoms with E-state index in [1.165, 1.54) is 6.08 Å². The maximum absolute atomic E-state index is 13.6. The van der Waals surface area contributed by atoms with Crippen LogP contribution in [-0.2, 0) is 4.74 Å². The van der Waals surface area contributed by atoms with Gasteiger partial charge in [0.1, 0.15) is 0 Å². The molecule has 0 aliphatic carbocycles. The zero-order valence-electron chi connectivity index (χ0n) is 13.1. The van der Waals surface area contributed by atoms with Crippen LogP contribution in [0.4, 0.5) is 4.39 Å². The van der Waals surface area contributed by atoms with Gasteiger partial charge in [-0.3, -0.25) is 9.98 Å². The third kappa shape index (κ3) is 3.50. The van der Waals surface area contributed by atoms with E-state index in [1.807, 2.05) is 6.07 Å². The third-order valence-electron chi connectivity index (χ3n) is 3.75. The summed E-state index contributed by atoms with van der Waals surface area (Å²) in [4.78, 5) is 8.02. The van der Waals surface area contributed by atoms with Crippen molar-refractivity contribution in [2.75, 3.05) is 13.2 Å². The standard InChI is InChI=1S/C19H17FN2O/c1-3-4-15-11-22-18(20)8-17(15)16-7-14(9-21-10-16)5-6-19(2)12-23-13-19/h7-11,15,18H,12-13H2,1-2H3. The summed E-state index contributed by atoms with van der Waals surface area (Å²) in [6.45, 7) is 5.15. The summed E-state index contributed by atoms with van der Waals surface area (Å²) in [5.41, 5.74) is 2.34. The molecule has 2 unspecified atom stereocenters. The molecule has 1 aromatic heterocycles. The Balaban J connectivity index is 1.90. The number of pyridine rings is 1. The number of dihydropyridines is 1. The zero-order valence-corrected chi connectivity index (χ0v) is 13.1. The molecule has 1 saturated heterocycles. The number of aliphatic imine (C=N–C) groups is 1. The fraction of sp³-hybridized carbons (Fsp3) is 0.368. The van der Waals surface area contributed by atoms with Crippen molar-refractivity contribution in [3.63, 3.8) is 0 Å². The van der Waals surface area contributed by atoms with E-state index in [0.29, 0.717) is 13.2 Å². The SMILES string of the molecule is CC#CC1C=NC(F)C=C1c1cncc(C#CC2(C)COC2)c1. The summed E-state index contributed by atoms with van der Waals surface area (Å²) in [6.07, 6.45) is 5.14. The average Bonchev–Trinajstić information content (AvgIpc) is 2.53. The number of halogens is 1. The summed E-state index contributed by atoms with van der Waals surface area (Å²) in [5.74, 6) is 12.0. The van der Waals surface area contributed by atoms with Crippen LogP contribution in [0.15, 0.2) is 29.5 Å². The molecule has 0 radical (unpaired) electrons. The van der Waals surface area contributed by atoms with Gasteiger partial charge < -0.3 is 4.74 Å². The lowest BCUT2D eigenvalue weighted by Gasteiger charge is -2.32. The molecule has 0 bridgehead atoms. The van der Waals surface area contributed by atoms with Crippen molar-refractivity contribution in [2.24, 2.45) is 16.3 Å². The van der Waals surface area contributed by atoms with Crippen molar-refractivity contribution in [3.8, 4) is 23.7 Å². The van der Waals surface area contributed by atoms with Crippen molar-refractivity contribution in [1.82, 2.24) is 4.98 Å². The van der Waals surface area contributed by atoms with Gasteiger partial charge in [-0.05, 0) is 37.1 Å². The first-order valence-electron chi connectivity index (χ1n) is 7.47. The Morgan fingerprint density at radius 2 is 2.17 bits per heavy atom. The van der Waals surface area contributed by atoms with Crippen LogP contribution in [0.3, 0.4) is 0 Å². The van der Waals surface area contributed by atoms with Gasteiger partial charge in [0.2, 0.25) is 6.30 Å². The second-order valence-corrected chi connectivity index (χ2v) is 5.93. The Bertz CT molecular complexity index is 785. The minimum atomic E-state index is -1.33. The highest BCUT2D eigenvalue weighted by Gasteiger charge is 2.31. The van der Waals surface area contributed by atoms with Crippen molar-refractivity contribution in [1.29, 1.82) is 0 Å². The van der Waals surface area contributed by atoms with Gasteiger partial charge >= 0.3 is 0 Å². The summed E-state index contributed by atoms with van der Waals surface area (Å²) in [5, 5.41) is 0. The van der Waals surface area contributed by atoms with E-state index in [4.69, 9.17) is 4.74 Å². The molecule has 23 heavy (non-hydrogen) atoms. The van der Waals surface area contributed by atoms with Crippen LogP contribution in [0.5, 0.6) is 0 Å². The molecule has 1 aromatic rings. The van der Waals surface area contributed by atoms with Gasteiger partial charge in [0.15, 0.2) is 0 Å². The summed E-state index contributed by atoms with van der Waals surface area (Å²) in [7, 11) is 0. The molecule has 0 saturated carbocycles. The predicted molar refractivity (Wildman–Crippen MR) is 88.3 cm³/mol. The Hall–Kier alpha value is -2.43. The second kappa shape index (κ2) is 6.36. The van der Waals surface area contributed by atoms with E-state index in [9.17, 15) is 4.39 Å². The van der Waals surface area contributed by atoms with Crippen LogP contribution >= 0.6 is 0 Å². The van der Waals surface area contributed by atoms with E-state index in [2.05, 4.69) is 40.6 Å². The van der Waals surface area contributed by atoms with Crippen molar-refractivity contribution >= 4 is 11.8 Å². The number of nitrogens with zero attached hydrogens (tertiary/aromatic N) is 2. The predicted octanol–water partition coefficient (Wildman–Crippen LogP) is 2.87. The topological polar surface area (TPSA) is 34.5 Å². The van der Waals surface area contributed by atoms with E-state index < -0.39 is 6.30 Å². The molecule has 3 rings (SSSR count). The molecule has 0 N–H and O–H groups in total. The van der Waals surface area contributed by atoms with Crippen LogP contribution in [0, 0.1) is 35.0 Å². The maximum Gasteiger partial charge on any atom is 0.208 e. The molecule has 2 aliphatic heterocycles. The fourth-order valence-corrected chi connectivity index (χ4v) is 2.46. The van der Waals surface area contributed by atoms with Crippen LogP contribution in [0.25, 0.3) is 5.57 Å². The Morgan fingerprint density at radius 1 is 1.35 bits per heavy atom. The lowest BCUT2D eigenvalue weighted by atomic mass is 9.89. The normalized spacial score (nSPS) is 24.4. The molecule has 1 fully saturated rings. The van der Waals surface area contributed by atoms with Crippen LogP contribution in [0.2, 0.25) is 0 Å². The van der Waals surface area contributed by atoms with Gasteiger partial charge in [-0.15, -0.1) is 5.92 Å². The fourth-order valence-electron chi connectivity index (χ4n) is 2.46. The highest BCUT2D eigenvalue weighted by molar-refractivity contribution is 5.88. The first-order valence-corrected chi connectivity index (χ1v) is 7.47. The number of hydrogen-bond acceptors (Lipinski definition) is 3. The zero-order chi connectivity index (χ0) is 16.3. The molecule has 0 spiro atoms. The van der Waals surface area contributed by atoms with Crippen molar-refractivity contribution < 1.29 is 9.13 Å². The molecule has 3 heterocycles. The van der Waals surface area contributed by atoms with E-state index >= 15 is 0 Å². The third-order valence-corrected chi connectivity index (χ3v) is 3.75. The van der Waals surface area contributed by atoms with Crippen LogP contribution in [0.1, 0.15) is 25.0 Å². The number of allylic oxidation sites excluding steroid dienone is 1. The quantitative estimate of drug-likeness (QED) is 0.590. The van der Waals surface area contributed by atoms with Gasteiger partial charge in [-0.25, -0.2) is 4.39 Å². The Labute approximate surface area is 135 Å². The lowest BCUT2D eigenvalue weighted by Crippen LogP contribution is -2.38. The number of ether oxygens (including phenoxy) is 1. The summed E-state index contributed by atoms with van der Waals surface area (Å²) >= 11 is 0. The molecule has 0 amide bonds. The Kier molecular flexibility index (Phi) is 4.28. The monoisotopic (exact) mass is 308 g/mol. The minimum Gasteiger partial charge on any atom is -0.378 e. The second-order valence-electron chi connectivity index (χ2n) is 5.93. The highest BCUT2D eigenvalue weighted by Crippen LogP contribution is 2.28. The van der Waals surface area contributed by atoms with Gasteiger partial charge in [0, 0.05) is 24.2 Å². The lowest BCUT2D eigenvalue weighted by molar-refractivity contribution is -0.0648. The largest absolute Gasteiger partial charge is 0.378 e. The number of hydrogen-bond donors (Lipinski definition) is 0. The molecular formula is C19H17FN2O. The highest BCUT2D eigenvalue weighted by atomic mass is 19.1. The molecule has 0 aromatic carbocycles.